The normalized spacial score (nSPS) is 20.4. The van der Waals surface area contributed by atoms with Crippen LogP contribution in [-0.4, -0.2) is 44.6 Å². The van der Waals surface area contributed by atoms with Gasteiger partial charge in [0, 0.05) is 12.2 Å². The average Bonchev–Trinajstić information content (AvgIpc) is 2.38. The van der Waals surface area contributed by atoms with Gasteiger partial charge in [0.05, 0.1) is 38.0 Å². The molecular weight excluding hydrogens is 242 g/mol. The lowest BCUT2D eigenvalue weighted by Crippen LogP contribution is -2.47. The van der Waals surface area contributed by atoms with Crippen LogP contribution in [0.2, 0.25) is 5.02 Å². The lowest BCUT2D eigenvalue weighted by molar-refractivity contribution is 0.0727. The molecule has 1 fully saturated rings. The molecule has 94 valence electrons. The van der Waals surface area contributed by atoms with E-state index in [0.717, 1.165) is 12.2 Å². The van der Waals surface area contributed by atoms with Crippen molar-refractivity contribution >= 4 is 17.3 Å². The molecule has 17 heavy (non-hydrogen) atoms. The van der Waals surface area contributed by atoms with Gasteiger partial charge in [0.2, 0.25) is 0 Å². The van der Waals surface area contributed by atoms with Gasteiger partial charge in [-0.1, -0.05) is 11.6 Å². The molecule has 1 saturated heterocycles. The summed E-state index contributed by atoms with van der Waals surface area (Å²) in [5.41, 5.74) is 0.984. The summed E-state index contributed by atoms with van der Waals surface area (Å²) in [4.78, 5) is 2.11. The van der Waals surface area contributed by atoms with Crippen molar-refractivity contribution in [3.05, 3.63) is 23.2 Å². The predicted molar refractivity (Wildman–Crippen MR) is 67.0 cm³/mol. The van der Waals surface area contributed by atoms with E-state index in [-0.39, 0.29) is 12.6 Å². The number of hydrogen-bond donors (Lipinski definition) is 1. The minimum Gasteiger partial charge on any atom is -0.495 e. The van der Waals surface area contributed by atoms with E-state index in [4.69, 9.17) is 21.1 Å². The van der Waals surface area contributed by atoms with Gasteiger partial charge in [-0.15, -0.1) is 0 Å². The summed E-state index contributed by atoms with van der Waals surface area (Å²) in [6, 6.07) is 5.63. The highest BCUT2D eigenvalue weighted by Gasteiger charge is 2.23. The molecule has 0 radical (unpaired) electrons. The average molecular weight is 258 g/mol. The number of ether oxygens (including phenoxy) is 2. The van der Waals surface area contributed by atoms with Gasteiger partial charge in [-0.25, -0.2) is 0 Å². The second-order valence-corrected chi connectivity index (χ2v) is 4.33. The molecule has 1 aliphatic heterocycles. The minimum atomic E-state index is -0.00629. The Morgan fingerprint density at radius 3 is 3.06 bits per heavy atom. The van der Waals surface area contributed by atoms with Crippen molar-refractivity contribution in [2.24, 2.45) is 0 Å². The van der Waals surface area contributed by atoms with E-state index in [0.29, 0.717) is 24.0 Å². The van der Waals surface area contributed by atoms with Gasteiger partial charge in [-0.2, -0.15) is 0 Å². The van der Waals surface area contributed by atoms with E-state index >= 15 is 0 Å². The number of aliphatic hydroxyl groups excluding tert-OH is 1. The van der Waals surface area contributed by atoms with Crippen molar-refractivity contribution in [3.8, 4) is 5.75 Å². The van der Waals surface area contributed by atoms with Crippen LogP contribution in [0.15, 0.2) is 18.2 Å². The molecule has 1 atom stereocenters. The molecule has 0 spiro atoms. The molecule has 0 saturated carbocycles. The number of methoxy groups -OCH3 is 1. The van der Waals surface area contributed by atoms with Gasteiger partial charge in [-0.3, -0.25) is 0 Å². The number of halogens is 1. The van der Waals surface area contributed by atoms with Gasteiger partial charge in [0.1, 0.15) is 5.75 Å². The summed E-state index contributed by atoms with van der Waals surface area (Å²) in [5, 5.41) is 9.89. The Hall–Kier alpha value is -0.970. The second kappa shape index (κ2) is 5.58. The van der Waals surface area contributed by atoms with Crippen molar-refractivity contribution in [3.63, 3.8) is 0 Å². The number of benzene rings is 1. The highest BCUT2D eigenvalue weighted by molar-refractivity contribution is 6.32. The van der Waals surface area contributed by atoms with Crippen LogP contribution >= 0.6 is 11.6 Å². The first-order valence-corrected chi connectivity index (χ1v) is 5.93. The van der Waals surface area contributed by atoms with Crippen molar-refractivity contribution < 1.29 is 14.6 Å². The molecule has 1 aromatic rings. The Kier molecular flexibility index (Phi) is 4.10. The first-order valence-electron chi connectivity index (χ1n) is 5.55. The van der Waals surface area contributed by atoms with Crippen LogP contribution in [0.25, 0.3) is 0 Å². The predicted octanol–water partition coefficient (Wildman–Crippen LogP) is 1.55. The van der Waals surface area contributed by atoms with Crippen LogP contribution in [0.4, 0.5) is 5.69 Å². The second-order valence-electron chi connectivity index (χ2n) is 3.92. The van der Waals surface area contributed by atoms with Gasteiger partial charge in [-0.05, 0) is 18.2 Å². The van der Waals surface area contributed by atoms with Crippen LogP contribution in [0.5, 0.6) is 5.75 Å². The van der Waals surface area contributed by atoms with Crippen molar-refractivity contribution in [1.82, 2.24) is 0 Å². The quantitative estimate of drug-likeness (QED) is 0.892. The third-order valence-electron chi connectivity index (χ3n) is 2.91. The largest absolute Gasteiger partial charge is 0.495 e. The van der Waals surface area contributed by atoms with E-state index in [9.17, 15) is 5.11 Å². The number of rotatable bonds is 3. The standard InChI is InChI=1S/C12H16ClNO3/c1-16-12-3-2-9(6-11(12)13)14-4-5-17-8-10(14)7-15/h2-3,6,10,15H,4-5,7-8H2,1H3. The lowest BCUT2D eigenvalue weighted by Gasteiger charge is -2.36. The summed E-state index contributed by atoms with van der Waals surface area (Å²) in [6.07, 6.45) is 0. The fraction of sp³-hybridized carbons (Fsp3) is 0.500. The van der Waals surface area contributed by atoms with Gasteiger partial charge in [0.25, 0.3) is 0 Å². The van der Waals surface area contributed by atoms with Crippen LogP contribution in [-0.2, 0) is 4.74 Å². The number of aliphatic hydroxyl groups is 1. The maximum Gasteiger partial charge on any atom is 0.137 e. The van der Waals surface area contributed by atoms with Gasteiger partial charge < -0.3 is 19.5 Å². The minimum absolute atomic E-state index is 0.00629. The van der Waals surface area contributed by atoms with Crippen LogP contribution in [0.1, 0.15) is 0 Å². The smallest absolute Gasteiger partial charge is 0.137 e. The first-order chi connectivity index (χ1) is 8.26. The highest BCUT2D eigenvalue weighted by atomic mass is 35.5. The van der Waals surface area contributed by atoms with E-state index in [2.05, 4.69) is 4.90 Å². The summed E-state index contributed by atoms with van der Waals surface area (Å²) < 4.78 is 10.5. The highest BCUT2D eigenvalue weighted by Crippen LogP contribution is 2.30. The number of morpholine rings is 1. The third-order valence-corrected chi connectivity index (χ3v) is 3.20. The van der Waals surface area contributed by atoms with Crippen LogP contribution in [0.3, 0.4) is 0 Å². The third kappa shape index (κ3) is 2.65. The van der Waals surface area contributed by atoms with Crippen LogP contribution in [0, 0.1) is 0 Å². The summed E-state index contributed by atoms with van der Waals surface area (Å²) in [7, 11) is 1.59. The van der Waals surface area contributed by atoms with Gasteiger partial charge >= 0.3 is 0 Å². The Balaban J connectivity index is 2.23. The summed E-state index contributed by atoms with van der Waals surface area (Å²) in [5.74, 6) is 0.657. The maximum atomic E-state index is 9.31. The number of anilines is 1. The lowest BCUT2D eigenvalue weighted by atomic mass is 10.2. The zero-order valence-corrected chi connectivity index (χ0v) is 10.5. The number of nitrogens with zero attached hydrogens (tertiary/aromatic N) is 1. The molecule has 0 aliphatic carbocycles. The Labute approximate surface area is 106 Å². The topological polar surface area (TPSA) is 41.9 Å². The fourth-order valence-corrected chi connectivity index (χ4v) is 2.23. The first kappa shape index (κ1) is 12.5. The number of hydrogen-bond acceptors (Lipinski definition) is 4. The van der Waals surface area contributed by atoms with Crippen molar-refractivity contribution in [2.75, 3.05) is 38.4 Å². The molecule has 0 bridgehead atoms. The zero-order valence-electron chi connectivity index (χ0n) is 9.73. The van der Waals surface area contributed by atoms with E-state index in [1.165, 1.54) is 0 Å². The molecule has 1 N–H and O–H groups in total. The maximum absolute atomic E-state index is 9.31. The fourth-order valence-electron chi connectivity index (χ4n) is 1.98. The van der Waals surface area contributed by atoms with Gasteiger partial charge in [0.15, 0.2) is 0 Å². The molecule has 1 unspecified atom stereocenters. The summed E-state index contributed by atoms with van der Waals surface area (Å²) >= 11 is 6.09. The van der Waals surface area contributed by atoms with E-state index in [1.54, 1.807) is 7.11 Å². The van der Waals surface area contributed by atoms with Crippen molar-refractivity contribution in [1.29, 1.82) is 0 Å². The molecule has 4 nitrogen and oxygen atoms in total. The molecule has 1 aliphatic rings. The van der Waals surface area contributed by atoms with Crippen LogP contribution < -0.4 is 9.64 Å². The van der Waals surface area contributed by atoms with E-state index < -0.39 is 0 Å². The Morgan fingerprint density at radius 2 is 2.41 bits per heavy atom. The Bertz CT molecular complexity index is 386. The SMILES string of the molecule is COc1ccc(N2CCOCC2CO)cc1Cl. The molecular formula is C12H16ClNO3. The molecule has 2 rings (SSSR count). The Morgan fingerprint density at radius 1 is 1.59 bits per heavy atom. The zero-order chi connectivity index (χ0) is 12.3. The molecule has 5 heteroatoms. The van der Waals surface area contributed by atoms with Crippen molar-refractivity contribution in [2.45, 2.75) is 6.04 Å². The monoisotopic (exact) mass is 257 g/mol. The molecule has 0 aromatic heterocycles. The molecule has 1 heterocycles. The van der Waals surface area contributed by atoms with E-state index in [1.807, 2.05) is 18.2 Å². The molecule has 0 amide bonds. The molecule has 1 aromatic carbocycles. The summed E-state index contributed by atoms with van der Waals surface area (Å²) in [6.45, 7) is 2.04.